The van der Waals surface area contributed by atoms with Gasteiger partial charge in [-0.3, -0.25) is 4.90 Å². The van der Waals surface area contributed by atoms with E-state index in [2.05, 4.69) is 15.2 Å². The van der Waals surface area contributed by atoms with Gasteiger partial charge in [0.15, 0.2) is 0 Å². The second kappa shape index (κ2) is 7.86. The Kier molecular flexibility index (Phi) is 5.36. The molecule has 1 N–H and O–H groups in total. The summed E-state index contributed by atoms with van der Waals surface area (Å²) in [6.07, 6.45) is 1.54. The Labute approximate surface area is 140 Å². The quantitative estimate of drug-likeness (QED) is 0.915. The van der Waals surface area contributed by atoms with Crippen molar-refractivity contribution < 1.29 is 9.13 Å². The molecule has 0 amide bonds. The molecule has 1 aromatic carbocycles. The SMILES string of the molecule is N#Cc1ccc(NC[C@H](c2cccc(F)c2)N2CCOCC2)nc1. The summed E-state index contributed by atoms with van der Waals surface area (Å²) in [4.78, 5) is 6.51. The number of anilines is 1. The van der Waals surface area contributed by atoms with E-state index >= 15 is 0 Å². The number of ether oxygens (including phenoxy) is 1. The van der Waals surface area contributed by atoms with Crippen LogP contribution in [0.25, 0.3) is 0 Å². The molecule has 1 aliphatic rings. The molecule has 6 heteroatoms. The van der Waals surface area contributed by atoms with Crippen LogP contribution in [-0.2, 0) is 4.74 Å². The topological polar surface area (TPSA) is 61.2 Å². The van der Waals surface area contributed by atoms with E-state index in [0.717, 1.165) is 18.7 Å². The van der Waals surface area contributed by atoms with E-state index in [1.165, 1.54) is 12.3 Å². The minimum Gasteiger partial charge on any atom is -0.379 e. The zero-order valence-electron chi connectivity index (χ0n) is 13.3. The fourth-order valence-corrected chi connectivity index (χ4v) is 2.83. The number of nitriles is 1. The zero-order valence-corrected chi connectivity index (χ0v) is 13.3. The molecular formula is C18H19FN4O. The van der Waals surface area contributed by atoms with Gasteiger partial charge in [0, 0.05) is 25.8 Å². The molecule has 0 spiro atoms. The minimum absolute atomic E-state index is 0.0297. The lowest BCUT2D eigenvalue weighted by molar-refractivity contribution is 0.0186. The van der Waals surface area contributed by atoms with Gasteiger partial charge in [-0.2, -0.15) is 5.26 Å². The Balaban J connectivity index is 1.75. The van der Waals surface area contributed by atoms with Crippen LogP contribution in [0.5, 0.6) is 0 Å². The number of hydrogen-bond acceptors (Lipinski definition) is 5. The molecule has 0 bridgehead atoms. The lowest BCUT2D eigenvalue weighted by Crippen LogP contribution is -2.41. The summed E-state index contributed by atoms with van der Waals surface area (Å²) in [6, 6.07) is 12.3. The number of benzene rings is 1. The van der Waals surface area contributed by atoms with Gasteiger partial charge in [0.25, 0.3) is 0 Å². The van der Waals surface area contributed by atoms with Crippen LogP contribution in [0, 0.1) is 17.1 Å². The number of nitrogens with zero attached hydrogens (tertiary/aromatic N) is 3. The van der Waals surface area contributed by atoms with E-state index in [0.29, 0.717) is 31.1 Å². The molecule has 3 rings (SSSR count). The number of hydrogen-bond donors (Lipinski definition) is 1. The molecule has 1 saturated heterocycles. The highest BCUT2D eigenvalue weighted by molar-refractivity contribution is 5.39. The Morgan fingerprint density at radius 2 is 2.12 bits per heavy atom. The number of pyridine rings is 1. The molecule has 1 atom stereocenters. The van der Waals surface area contributed by atoms with Crippen molar-refractivity contribution in [2.24, 2.45) is 0 Å². The Morgan fingerprint density at radius 3 is 2.79 bits per heavy atom. The molecule has 1 aromatic heterocycles. The fourth-order valence-electron chi connectivity index (χ4n) is 2.83. The zero-order chi connectivity index (χ0) is 16.8. The highest BCUT2D eigenvalue weighted by Gasteiger charge is 2.23. The summed E-state index contributed by atoms with van der Waals surface area (Å²) in [5, 5.41) is 12.1. The van der Waals surface area contributed by atoms with Crippen LogP contribution in [0.15, 0.2) is 42.6 Å². The summed E-state index contributed by atoms with van der Waals surface area (Å²) >= 11 is 0. The van der Waals surface area contributed by atoms with E-state index in [1.807, 2.05) is 12.1 Å². The van der Waals surface area contributed by atoms with E-state index in [4.69, 9.17) is 10.00 Å². The molecule has 0 unspecified atom stereocenters. The van der Waals surface area contributed by atoms with Crippen molar-refractivity contribution in [2.45, 2.75) is 6.04 Å². The third-order valence-electron chi connectivity index (χ3n) is 4.09. The van der Waals surface area contributed by atoms with Crippen LogP contribution < -0.4 is 5.32 Å². The average molecular weight is 326 g/mol. The molecule has 1 fully saturated rings. The van der Waals surface area contributed by atoms with Crippen molar-refractivity contribution >= 4 is 5.82 Å². The molecule has 5 nitrogen and oxygen atoms in total. The third kappa shape index (κ3) is 4.07. The number of rotatable bonds is 5. The van der Waals surface area contributed by atoms with E-state index in [9.17, 15) is 4.39 Å². The normalized spacial score (nSPS) is 16.3. The van der Waals surface area contributed by atoms with Crippen molar-refractivity contribution in [1.82, 2.24) is 9.88 Å². The smallest absolute Gasteiger partial charge is 0.126 e. The first kappa shape index (κ1) is 16.4. The van der Waals surface area contributed by atoms with E-state index < -0.39 is 0 Å². The number of nitrogens with one attached hydrogen (secondary N) is 1. The first-order valence-electron chi connectivity index (χ1n) is 7.93. The maximum Gasteiger partial charge on any atom is 0.126 e. The monoisotopic (exact) mass is 326 g/mol. The van der Waals surface area contributed by atoms with Crippen molar-refractivity contribution in [2.75, 3.05) is 38.2 Å². The summed E-state index contributed by atoms with van der Waals surface area (Å²) in [6.45, 7) is 3.58. The molecule has 2 heterocycles. The summed E-state index contributed by atoms with van der Waals surface area (Å²) in [7, 11) is 0. The number of morpholine rings is 1. The van der Waals surface area contributed by atoms with Crippen LogP contribution in [0.3, 0.4) is 0 Å². The van der Waals surface area contributed by atoms with Crippen LogP contribution in [-0.4, -0.2) is 42.7 Å². The first-order valence-corrected chi connectivity index (χ1v) is 7.93. The molecule has 0 saturated carbocycles. The maximum atomic E-state index is 13.6. The lowest BCUT2D eigenvalue weighted by atomic mass is 10.0. The molecular weight excluding hydrogens is 307 g/mol. The second-order valence-electron chi connectivity index (χ2n) is 5.64. The van der Waals surface area contributed by atoms with Crippen LogP contribution in [0.2, 0.25) is 0 Å². The van der Waals surface area contributed by atoms with Crippen molar-refractivity contribution in [3.8, 4) is 6.07 Å². The number of aromatic nitrogens is 1. The van der Waals surface area contributed by atoms with Crippen molar-refractivity contribution in [1.29, 1.82) is 5.26 Å². The van der Waals surface area contributed by atoms with Gasteiger partial charge in [0.05, 0.1) is 24.8 Å². The average Bonchev–Trinajstić information content (AvgIpc) is 2.63. The molecule has 1 aliphatic heterocycles. The van der Waals surface area contributed by atoms with Gasteiger partial charge in [-0.05, 0) is 29.8 Å². The molecule has 2 aromatic rings. The largest absolute Gasteiger partial charge is 0.379 e. The van der Waals surface area contributed by atoms with Gasteiger partial charge in [-0.25, -0.2) is 9.37 Å². The second-order valence-corrected chi connectivity index (χ2v) is 5.64. The maximum absolute atomic E-state index is 13.6. The molecule has 24 heavy (non-hydrogen) atoms. The molecule has 0 radical (unpaired) electrons. The summed E-state index contributed by atoms with van der Waals surface area (Å²) < 4.78 is 19.1. The standard InChI is InChI=1S/C18H19FN4O/c19-16-3-1-2-15(10-16)17(23-6-8-24-9-7-23)13-22-18-5-4-14(11-20)12-21-18/h1-5,10,12,17H,6-9,13H2,(H,21,22)/t17-/m1/s1. The Bertz CT molecular complexity index is 708. The lowest BCUT2D eigenvalue weighted by Gasteiger charge is -2.35. The molecule has 124 valence electrons. The highest BCUT2D eigenvalue weighted by atomic mass is 19.1. The van der Waals surface area contributed by atoms with E-state index in [1.54, 1.807) is 24.3 Å². The number of halogens is 1. The van der Waals surface area contributed by atoms with Gasteiger partial charge in [-0.15, -0.1) is 0 Å². The van der Waals surface area contributed by atoms with E-state index in [-0.39, 0.29) is 11.9 Å². The van der Waals surface area contributed by atoms with Crippen LogP contribution in [0.1, 0.15) is 17.2 Å². The highest BCUT2D eigenvalue weighted by Crippen LogP contribution is 2.23. The summed E-state index contributed by atoms with van der Waals surface area (Å²) in [5.41, 5.74) is 1.45. The van der Waals surface area contributed by atoms with Gasteiger partial charge >= 0.3 is 0 Å². The molecule has 0 aliphatic carbocycles. The first-order chi connectivity index (χ1) is 11.8. The summed E-state index contributed by atoms with van der Waals surface area (Å²) in [5.74, 6) is 0.464. The van der Waals surface area contributed by atoms with Crippen LogP contribution >= 0.6 is 0 Å². The van der Waals surface area contributed by atoms with Crippen LogP contribution in [0.4, 0.5) is 10.2 Å². The van der Waals surface area contributed by atoms with Gasteiger partial charge in [0.1, 0.15) is 17.7 Å². The van der Waals surface area contributed by atoms with Crippen molar-refractivity contribution in [3.05, 3.63) is 59.5 Å². The Hall–Kier alpha value is -2.49. The Morgan fingerprint density at radius 1 is 1.29 bits per heavy atom. The predicted octanol–water partition coefficient (Wildman–Crippen LogP) is 2.58. The third-order valence-corrected chi connectivity index (χ3v) is 4.09. The van der Waals surface area contributed by atoms with Crippen molar-refractivity contribution in [3.63, 3.8) is 0 Å². The van der Waals surface area contributed by atoms with Gasteiger partial charge in [-0.1, -0.05) is 12.1 Å². The van der Waals surface area contributed by atoms with Gasteiger partial charge in [0.2, 0.25) is 0 Å². The predicted molar refractivity (Wildman–Crippen MR) is 89.0 cm³/mol. The minimum atomic E-state index is -0.234. The van der Waals surface area contributed by atoms with Gasteiger partial charge < -0.3 is 10.1 Å². The fraction of sp³-hybridized carbons (Fsp3) is 0.333.